The van der Waals surface area contributed by atoms with Gasteiger partial charge in [-0.1, -0.05) is 93.4 Å². The van der Waals surface area contributed by atoms with Gasteiger partial charge >= 0.3 is 8.56 Å². The summed E-state index contributed by atoms with van der Waals surface area (Å²) in [5.41, 5.74) is 0. The van der Waals surface area contributed by atoms with Crippen LogP contribution in [0.25, 0.3) is 0 Å². The second-order valence-electron chi connectivity index (χ2n) is 10.9. The highest BCUT2D eigenvalue weighted by Gasteiger charge is 2.49. The van der Waals surface area contributed by atoms with Crippen LogP contribution >= 0.6 is 0 Å². The van der Waals surface area contributed by atoms with Crippen LogP contribution in [0.15, 0.2) is 73.3 Å². The first-order chi connectivity index (χ1) is 16.7. The molecule has 2 atom stereocenters. The van der Waals surface area contributed by atoms with Gasteiger partial charge < -0.3 is 13.3 Å². The van der Waals surface area contributed by atoms with Crippen LogP contribution in [0.2, 0.25) is 18.1 Å². The molecule has 1 aliphatic heterocycles. The SMILES string of the molecule is C=CCC1CO[Si](C)(C)OC(C#CCCCO[Si](c2ccccc2)(c2ccccc2)C(C)(C)C)C1. The molecule has 2 aromatic rings. The minimum Gasteiger partial charge on any atom is -0.407 e. The molecule has 3 rings (SSSR count). The van der Waals surface area contributed by atoms with Gasteiger partial charge in [0.05, 0.1) is 0 Å². The molecule has 0 aliphatic carbocycles. The number of hydrogen-bond donors (Lipinski definition) is 0. The van der Waals surface area contributed by atoms with E-state index in [1.54, 1.807) is 0 Å². The molecule has 5 heteroatoms. The summed E-state index contributed by atoms with van der Waals surface area (Å²) >= 11 is 0. The molecule has 188 valence electrons. The molecule has 0 N–H and O–H groups in total. The number of benzene rings is 2. The Morgan fingerprint density at radius 1 is 1.06 bits per heavy atom. The summed E-state index contributed by atoms with van der Waals surface area (Å²) < 4.78 is 19.3. The van der Waals surface area contributed by atoms with E-state index in [4.69, 9.17) is 13.3 Å². The van der Waals surface area contributed by atoms with Crippen molar-refractivity contribution in [3.63, 3.8) is 0 Å². The zero-order chi connectivity index (χ0) is 25.4. The van der Waals surface area contributed by atoms with Crippen LogP contribution in [0.1, 0.15) is 46.5 Å². The molecular formula is C30H42O3Si2. The minimum absolute atomic E-state index is 0.00799. The van der Waals surface area contributed by atoms with E-state index in [1.807, 2.05) is 6.08 Å². The van der Waals surface area contributed by atoms with Crippen LogP contribution in [0.3, 0.4) is 0 Å². The fraction of sp³-hybridized carbons (Fsp3) is 0.467. The highest BCUT2D eigenvalue weighted by atomic mass is 28.4. The second kappa shape index (κ2) is 12.3. The van der Waals surface area contributed by atoms with Crippen molar-refractivity contribution in [2.24, 2.45) is 5.92 Å². The van der Waals surface area contributed by atoms with Crippen LogP contribution in [-0.2, 0) is 13.3 Å². The quantitative estimate of drug-likeness (QED) is 0.189. The van der Waals surface area contributed by atoms with Gasteiger partial charge in [0.15, 0.2) is 0 Å². The van der Waals surface area contributed by atoms with Crippen molar-refractivity contribution in [3.8, 4) is 11.8 Å². The van der Waals surface area contributed by atoms with E-state index >= 15 is 0 Å². The summed E-state index contributed by atoms with van der Waals surface area (Å²) in [4.78, 5) is 0. The number of rotatable bonds is 8. The fourth-order valence-electron chi connectivity index (χ4n) is 4.94. The second-order valence-corrected chi connectivity index (χ2v) is 18.5. The molecule has 3 nitrogen and oxygen atoms in total. The van der Waals surface area contributed by atoms with Gasteiger partial charge in [-0.15, -0.1) is 12.5 Å². The molecule has 0 aromatic heterocycles. The average molecular weight is 507 g/mol. The van der Waals surface area contributed by atoms with Gasteiger partial charge in [-0.05, 0) is 53.7 Å². The summed E-state index contributed by atoms with van der Waals surface area (Å²) in [7, 11) is -4.61. The van der Waals surface area contributed by atoms with Crippen molar-refractivity contribution in [2.45, 2.75) is 70.7 Å². The lowest BCUT2D eigenvalue weighted by molar-refractivity contribution is 0.184. The normalized spacial score (nSPS) is 20.4. The molecule has 2 aromatic carbocycles. The van der Waals surface area contributed by atoms with Crippen molar-refractivity contribution < 1.29 is 13.3 Å². The lowest BCUT2D eigenvalue weighted by Crippen LogP contribution is -2.66. The van der Waals surface area contributed by atoms with Crippen molar-refractivity contribution in [2.75, 3.05) is 13.2 Å². The maximum Gasteiger partial charge on any atom is 0.332 e. The lowest BCUT2D eigenvalue weighted by atomic mass is 9.99. The molecule has 0 spiro atoms. The van der Waals surface area contributed by atoms with E-state index in [0.29, 0.717) is 12.5 Å². The Kier molecular flexibility index (Phi) is 9.74. The summed E-state index contributed by atoms with van der Waals surface area (Å²) in [6.45, 7) is 16.5. The van der Waals surface area contributed by atoms with Crippen molar-refractivity contribution >= 4 is 27.3 Å². The standard InChI is InChI=1S/C30H42O3Si2/c1-7-17-26-24-27(33-34(5,6)32-25-26)18-11-10-16-23-31-35(30(2,3)4,28-19-12-8-13-20-28)29-21-14-9-15-22-29/h7-9,12-15,19-22,26-27H,1,10,16-17,23-25H2,2-6H3. The van der Waals surface area contributed by atoms with Gasteiger partial charge in [0.25, 0.3) is 8.32 Å². The summed E-state index contributed by atoms with van der Waals surface area (Å²) in [6.07, 6.45) is 5.47. The maximum absolute atomic E-state index is 6.98. The Morgan fingerprint density at radius 3 is 2.20 bits per heavy atom. The molecule has 1 heterocycles. The van der Waals surface area contributed by atoms with Gasteiger partial charge in [0.2, 0.25) is 0 Å². The maximum atomic E-state index is 6.98. The van der Waals surface area contributed by atoms with Gasteiger partial charge in [0, 0.05) is 19.6 Å². The van der Waals surface area contributed by atoms with Crippen molar-refractivity contribution in [1.82, 2.24) is 0 Å². The lowest BCUT2D eigenvalue weighted by Gasteiger charge is -2.43. The van der Waals surface area contributed by atoms with E-state index in [2.05, 4.69) is 113 Å². The van der Waals surface area contributed by atoms with Gasteiger partial charge in [-0.25, -0.2) is 0 Å². The Balaban J connectivity index is 1.70. The monoisotopic (exact) mass is 506 g/mol. The first-order valence-electron chi connectivity index (χ1n) is 12.8. The van der Waals surface area contributed by atoms with Crippen LogP contribution in [-0.4, -0.2) is 36.2 Å². The summed E-state index contributed by atoms with van der Waals surface area (Å²) in [5, 5.41) is 2.63. The van der Waals surface area contributed by atoms with Crippen LogP contribution in [0.5, 0.6) is 0 Å². The highest BCUT2D eigenvalue weighted by Crippen LogP contribution is 2.36. The predicted molar refractivity (Wildman–Crippen MR) is 152 cm³/mol. The largest absolute Gasteiger partial charge is 0.407 e. The van der Waals surface area contributed by atoms with E-state index in [0.717, 1.165) is 32.3 Å². The molecule has 1 saturated heterocycles. The molecule has 2 unspecified atom stereocenters. The van der Waals surface area contributed by atoms with Crippen molar-refractivity contribution in [3.05, 3.63) is 73.3 Å². The third-order valence-corrected chi connectivity index (χ3v) is 13.3. The first kappa shape index (κ1) is 27.6. The average Bonchev–Trinajstić information content (AvgIpc) is 2.96. The highest BCUT2D eigenvalue weighted by molar-refractivity contribution is 6.99. The molecule has 35 heavy (non-hydrogen) atoms. The number of unbranched alkanes of at least 4 members (excludes halogenated alkanes) is 1. The molecule has 0 radical (unpaired) electrons. The van der Waals surface area contributed by atoms with Gasteiger partial charge in [-0.3, -0.25) is 0 Å². The van der Waals surface area contributed by atoms with E-state index < -0.39 is 16.9 Å². The third-order valence-electron chi connectivity index (χ3n) is 6.58. The van der Waals surface area contributed by atoms with Crippen LogP contribution < -0.4 is 10.4 Å². The number of allylic oxidation sites excluding steroid dienone is 1. The van der Waals surface area contributed by atoms with Gasteiger partial charge in [-0.2, -0.15) is 0 Å². The molecule has 0 amide bonds. The van der Waals surface area contributed by atoms with Crippen molar-refractivity contribution in [1.29, 1.82) is 0 Å². The topological polar surface area (TPSA) is 27.7 Å². The predicted octanol–water partition coefficient (Wildman–Crippen LogP) is 6.05. The smallest absolute Gasteiger partial charge is 0.332 e. The summed E-state index contributed by atoms with van der Waals surface area (Å²) in [6, 6.07) is 21.6. The molecule has 1 fully saturated rings. The minimum atomic E-state index is -2.48. The molecule has 0 saturated carbocycles. The Hall–Kier alpha value is -1.95. The third kappa shape index (κ3) is 7.28. The molecule has 1 aliphatic rings. The van der Waals surface area contributed by atoms with E-state index in [9.17, 15) is 0 Å². The first-order valence-corrected chi connectivity index (χ1v) is 17.6. The Morgan fingerprint density at radius 2 is 1.66 bits per heavy atom. The summed E-state index contributed by atoms with van der Waals surface area (Å²) in [5.74, 6) is 7.22. The molecule has 0 bridgehead atoms. The van der Waals surface area contributed by atoms with Gasteiger partial charge in [0.1, 0.15) is 6.10 Å². The zero-order valence-corrected chi connectivity index (χ0v) is 24.2. The van der Waals surface area contributed by atoms with Crippen LogP contribution in [0, 0.1) is 17.8 Å². The Bertz CT molecular complexity index is 948. The number of hydrogen-bond acceptors (Lipinski definition) is 3. The fourth-order valence-corrected chi connectivity index (χ4v) is 11.1. The van der Waals surface area contributed by atoms with E-state index in [1.165, 1.54) is 10.4 Å². The Labute approximate surface area is 215 Å². The van der Waals surface area contributed by atoms with Crippen LogP contribution in [0.4, 0.5) is 0 Å². The molecular weight excluding hydrogens is 464 g/mol. The zero-order valence-electron chi connectivity index (χ0n) is 22.2. The van der Waals surface area contributed by atoms with E-state index in [-0.39, 0.29) is 11.1 Å².